The van der Waals surface area contributed by atoms with Crippen molar-refractivity contribution in [2.45, 2.75) is 75.6 Å². The molecule has 1 saturated heterocycles. The quantitative estimate of drug-likeness (QED) is 0.674. The van der Waals surface area contributed by atoms with Crippen molar-refractivity contribution in [2.75, 3.05) is 6.61 Å². The van der Waals surface area contributed by atoms with E-state index in [0.717, 1.165) is 17.7 Å². The molecule has 2 aromatic rings. The molecule has 2 N–H and O–H groups in total. The smallest absolute Gasteiger partial charge is 0.240 e. The molecular formula is C20H30N4O4S. The maximum absolute atomic E-state index is 12.7. The van der Waals surface area contributed by atoms with Gasteiger partial charge in [-0.1, -0.05) is 36.8 Å². The lowest BCUT2D eigenvalue weighted by atomic mass is 9.98. The van der Waals surface area contributed by atoms with Crippen LogP contribution in [0.2, 0.25) is 0 Å². The van der Waals surface area contributed by atoms with E-state index in [2.05, 4.69) is 28.9 Å². The van der Waals surface area contributed by atoms with E-state index in [9.17, 15) is 13.5 Å². The van der Waals surface area contributed by atoms with E-state index in [0.29, 0.717) is 25.3 Å². The van der Waals surface area contributed by atoms with Crippen LogP contribution >= 0.6 is 0 Å². The molecule has 1 aromatic heterocycles. The van der Waals surface area contributed by atoms with Crippen molar-refractivity contribution < 1.29 is 18.3 Å². The number of sulfonamides is 1. The predicted octanol–water partition coefficient (Wildman–Crippen LogP) is 1.99. The summed E-state index contributed by atoms with van der Waals surface area (Å²) in [5.41, 5.74) is 1.95. The standard InChI is InChI=1S/C20H30N4O4S/c1-14(2)19-12-24(23-21-19)11-10-16-6-9-18(20(13-25)28-16)22-29(26,27)17-7-4-15(3)5-8-17/h4-5,7-8,12,14,16,18,20,22,25H,6,9-11,13H2,1-3H3/t16-,18-,20+/m1/s1. The number of nitrogens with zero attached hydrogens (tertiary/aromatic N) is 3. The normalized spacial score (nSPS) is 22.9. The van der Waals surface area contributed by atoms with E-state index in [1.165, 1.54) is 0 Å². The van der Waals surface area contributed by atoms with Crippen LogP contribution in [0.25, 0.3) is 0 Å². The SMILES string of the molecule is Cc1ccc(S(=O)(=O)N[C@@H]2CC[C@H](CCn3cc(C(C)C)nn3)O[C@H]2CO)cc1. The van der Waals surface area contributed by atoms with Crippen LogP contribution in [-0.4, -0.2) is 53.4 Å². The zero-order valence-electron chi connectivity index (χ0n) is 17.2. The summed E-state index contributed by atoms with van der Waals surface area (Å²) in [6.45, 7) is 6.48. The van der Waals surface area contributed by atoms with Crippen molar-refractivity contribution in [3.8, 4) is 0 Å². The van der Waals surface area contributed by atoms with Crippen LogP contribution in [0.15, 0.2) is 35.4 Å². The number of hydrogen-bond acceptors (Lipinski definition) is 6. The number of aliphatic hydroxyl groups is 1. The molecular weight excluding hydrogens is 392 g/mol. The summed E-state index contributed by atoms with van der Waals surface area (Å²) in [5.74, 6) is 0.329. The average Bonchev–Trinajstić information content (AvgIpc) is 3.17. The van der Waals surface area contributed by atoms with Crippen molar-refractivity contribution in [2.24, 2.45) is 0 Å². The van der Waals surface area contributed by atoms with Gasteiger partial charge >= 0.3 is 0 Å². The van der Waals surface area contributed by atoms with Crippen LogP contribution in [0.3, 0.4) is 0 Å². The molecule has 0 radical (unpaired) electrons. The highest BCUT2D eigenvalue weighted by atomic mass is 32.2. The minimum atomic E-state index is -3.66. The number of ether oxygens (including phenoxy) is 1. The van der Waals surface area contributed by atoms with Crippen LogP contribution in [0.4, 0.5) is 0 Å². The van der Waals surface area contributed by atoms with Gasteiger partial charge in [-0.25, -0.2) is 13.1 Å². The summed E-state index contributed by atoms with van der Waals surface area (Å²) in [7, 11) is -3.66. The highest BCUT2D eigenvalue weighted by Gasteiger charge is 2.33. The van der Waals surface area contributed by atoms with Crippen molar-refractivity contribution in [3.05, 3.63) is 41.7 Å². The van der Waals surface area contributed by atoms with Gasteiger partial charge in [0, 0.05) is 12.7 Å². The third kappa shape index (κ3) is 5.63. The second-order valence-electron chi connectivity index (χ2n) is 7.95. The molecule has 2 heterocycles. The Kier molecular flexibility index (Phi) is 7.05. The Hall–Kier alpha value is -1.81. The molecule has 3 atom stereocenters. The van der Waals surface area contributed by atoms with Crippen molar-refractivity contribution in [1.29, 1.82) is 0 Å². The summed E-state index contributed by atoms with van der Waals surface area (Å²) in [6.07, 6.45) is 3.36. The maximum atomic E-state index is 12.7. The second kappa shape index (κ2) is 9.34. The zero-order valence-corrected chi connectivity index (χ0v) is 18.0. The molecule has 1 fully saturated rings. The molecule has 0 unspecified atom stereocenters. The molecule has 8 nitrogen and oxygen atoms in total. The molecule has 1 aliphatic heterocycles. The third-order valence-corrected chi connectivity index (χ3v) is 6.77. The Morgan fingerprint density at radius 2 is 2.00 bits per heavy atom. The molecule has 0 bridgehead atoms. The molecule has 1 aliphatic rings. The number of nitrogens with one attached hydrogen (secondary N) is 1. The van der Waals surface area contributed by atoms with Crippen LogP contribution in [0, 0.1) is 6.92 Å². The minimum absolute atomic E-state index is 0.0565. The Morgan fingerprint density at radius 3 is 2.62 bits per heavy atom. The van der Waals surface area contributed by atoms with Crippen LogP contribution in [0.5, 0.6) is 0 Å². The van der Waals surface area contributed by atoms with Gasteiger partial charge in [0.05, 0.1) is 35.4 Å². The van der Waals surface area contributed by atoms with E-state index < -0.39 is 22.2 Å². The maximum Gasteiger partial charge on any atom is 0.240 e. The first-order valence-corrected chi connectivity index (χ1v) is 11.5. The van der Waals surface area contributed by atoms with Gasteiger partial charge in [0.1, 0.15) is 0 Å². The van der Waals surface area contributed by atoms with Crippen LogP contribution in [-0.2, 0) is 21.3 Å². The van der Waals surface area contributed by atoms with Gasteiger partial charge in [-0.15, -0.1) is 5.10 Å². The largest absolute Gasteiger partial charge is 0.394 e. The first kappa shape index (κ1) is 21.9. The summed E-state index contributed by atoms with van der Waals surface area (Å²) >= 11 is 0. The Morgan fingerprint density at radius 1 is 1.28 bits per heavy atom. The summed E-state index contributed by atoms with van der Waals surface area (Å²) < 4.78 is 35.8. The first-order valence-electron chi connectivity index (χ1n) is 10.0. The van der Waals surface area contributed by atoms with Crippen LogP contribution < -0.4 is 4.72 Å². The number of aromatic nitrogens is 3. The van der Waals surface area contributed by atoms with Gasteiger partial charge in [0.15, 0.2) is 0 Å². The van der Waals surface area contributed by atoms with Gasteiger partial charge in [0.2, 0.25) is 10.0 Å². The minimum Gasteiger partial charge on any atom is -0.394 e. The molecule has 1 aromatic carbocycles. The lowest BCUT2D eigenvalue weighted by Crippen LogP contribution is -2.50. The van der Waals surface area contributed by atoms with E-state index in [-0.39, 0.29) is 17.6 Å². The molecule has 3 rings (SSSR count). The molecule has 9 heteroatoms. The number of benzene rings is 1. The molecule has 160 valence electrons. The monoisotopic (exact) mass is 422 g/mol. The fraction of sp³-hybridized carbons (Fsp3) is 0.600. The highest BCUT2D eigenvalue weighted by molar-refractivity contribution is 7.89. The summed E-state index contributed by atoms with van der Waals surface area (Å²) in [5, 5.41) is 18.0. The summed E-state index contributed by atoms with van der Waals surface area (Å²) in [4.78, 5) is 0.217. The number of aliphatic hydroxyl groups excluding tert-OH is 1. The van der Waals surface area contributed by atoms with Gasteiger partial charge in [-0.3, -0.25) is 4.68 Å². The third-order valence-electron chi connectivity index (χ3n) is 5.26. The number of hydrogen-bond donors (Lipinski definition) is 2. The number of rotatable bonds is 8. The molecule has 0 amide bonds. The van der Waals surface area contributed by atoms with E-state index in [4.69, 9.17) is 4.74 Å². The van der Waals surface area contributed by atoms with Crippen LogP contribution in [0.1, 0.15) is 50.3 Å². The Bertz CT molecular complexity index is 895. The fourth-order valence-corrected chi connectivity index (χ4v) is 4.73. The molecule has 0 saturated carbocycles. The molecule has 0 spiro atoms. The first-order chi connectivity index (χ1) is 13.8. The average molecular weight is 423 g/mol. The van der Waals surface area contributed by atoms with Crippen molar-refractivity contribution >= 4 is 10.0 Å². The van der Waals surface area contributed by atoms with E-state index in [1.54, 1.807) is 28.9 Å². The topological polar surface area (TPSA) is 106 Å². The second-order valence-corrected chi connectivity index (χ2v) is 9.66. The predicted molar refractivity (Wildman–Crippen MR) is 109 cm³/mol. The van der Waals surface area contributed by atoms with Gasteiger partial charge < -0.3 is 9.84 Å². The van der Waals surface area contributed by atoms with Gasteiger partial charge in [-0.2, -0.15) is 0 Å². The Balaban J connectivity index is 1.56. The van der Waals surface area contributed by atoms with E-state index in [1.807, 2.05) is 13.1 Å². The highest BCUT2D eigenvalue weighted by Crippen LogP contribution is 2.24. The number of aryl methyl sites for hydroxylation is 2. The molecule has 0 aliphatic carbocycles. The van der Waals surface area contributed by atoms with E-state index >= 15 is 0 Å². The zero-order chi connectivity index (χ0) is 21.0. The Labute approximate surface area is 172 Å². The van der Waals surface area contributed by atoms with Crippen molar-refractivity contribution in [1.82, 2.24) is 19.7 Å². The van der Waals surface area contributed by atoms with Gasteiger partial charge in [-0.05, 0) is 44.2 Å². The lowest BCUT2D eigenvalue weighted by molar-refractivity contribution is -0.0891. The molecule has 29 heavy (non-hydrogen) atoms. The lowest BCUT2D eigenvalue weighted by Gasteiger charge is -2.36. The summed E-state index contributed by atoms with van der Waals surface area (Å²) in [6, 6.07) is 6.24. The van der Waals surface area contributed by atoms with Crippen molar-refractivity contribution in [3.63, 3.8) is 0 Å². The fourth-order valence-electron chi connectivity index (χ4n) is 3.43. The van der Waals surface area contributed by atoms with Gasteiger partial charge in [0.25, 0.3) is 0 Å².